The van der Waals surface area contributed by atoms with Crippen molar-refractivity contribution < 1.29 is 4.79 Å². The second kappa shape index (κ2) is 5.70. The summed E-state index contributed by atoms with van der Waals surface area (Å²) < 4.78 is 1.94. The Kier molecular flexibility index (Phi) is 4.01. The predicted molar refractivity (Wildman–Crippen MR) is 70.9 cm³/mol. The van der Waals surface area contributed by atoms with Gasteiger partial charge in [0.1, 0.15) is 0 Å². The Balaban J connectivity index is 2.14. The maximum absolute atomic E-state index is 11.6. The van der Waals surface area contributed by atoms with Crippen LogP contribution in [0.3, 0.4) is 0 Å². The Hall–Kier alpha value is -1.79. The van der Waals surface area contributed by atoms with Crippen molar-refractivity contribution in [2.24, 2.45) is 12.9 Å². The third-order valence-electron chi connectivity index (χ3n) is 2.53. The Morgan fingerprint density at radius 1 is 1.50 bits per heavy atom. The number of hydrogen-bond acceptors (Lipinski definition) is 4. The maximum atomic E-state index is 11.6. The third-order valence-corrected chi connectivity index (χ3v) is 3.63. The second-order valence-electron chi connectivity index (χ2n) is 3.74. The number of hydrogen-bond donors (Lipinski definition) is 2. The average Bonchev–Trinajstić information content (AvgIpc) is 2.81. The highest BCUT2D eigenvalue weighted by Gasteiger charge is 2.10. The highest BCUT2D eigenvalue weighted by atomic mass is 32.2. The molecule has 2 rings (SSSR count). The van der Waals surface area contributed by atoms with Crippen molar-refractivity contribution in [1.29, 1.82) is 0 Å². The largest absolute Gasteiger partial charge is 0.329 e. The number of aromatic nitrogens is 2. The lowest BCUT2D eigenvalue weighted by Crippen LogP contribution is -2.30. The molecule has 0 saturated heterocycles. The molecule has 0 aliphatic carbocycles. The maximum Gasteiger partial charge on any atom is 0.265 e. The lowest BCUT2D eigenvalue weighted by molar-refractivity contribution is 0.0953. The van der Waals surface area contributed by atoms with Crippen LogP contribution in [0.2, 0.25) is 0 Å². The molecule has 0 aliphatic rings. The van der Waals surface area contributed by atoms with Crippen LogP contribution in [-0.4, -0.2) is 15.5 Å². The molecule has 1 aromatic carbocycles. The number of hydrazine groups is 1. The molecule has 0 spiro atoms. The minimum absolute atomic E-state index is 0.272. The Morgan fingerprint density at radius 3 is 2.94 bits per heavy atom. The molecule has 0 unspecified atom stereocenters. The molecular formula is C12H14N4OS. The molecule has 1 heterocycles. The van der Waals surface area contributed by atoms with Gasteiger partial charge in [-0.3, -0.25) is 10.2 Å². The number of nitrogens with one attached hydrogen (secondary N) is 1. The summed E-state index contributed by atoms with van der Waals surface area (Å²) in [5.74, 6) is 5.57. The van der Waals surface area contributed by atoms with Crippen LogP contribution in [0.15, 0.2) is 41.8 Å². The van der Waals surface area contributed by atoms with Crippen LogP contribution in [0.25, 0.3) is 0 Å². The quantitative estimate of drug-likeness (QED) is 0.377. The van der Waals surface area contributed by atoms with E-state index in [0.717, 1.165) is 10.7 Å². The predicted octanol–water partition coefficient (Wildman–Crippen LogP) is 1.32. The summed E-state index contributed by atoms with van der Waals surface area (Å²) in [6, 6.07) is 7.40. The minimum Gasteiger partial charge on any atom is -0.329 e. The molecule has 5 nitrogen and oxygen atoms in total. The Bertz CT molecular complexity index is 553. The first-order chi connectivity index (χ1) is 8.72. The number of imidazole rings is 1. The van der Waals surface area contributed by atoms with Crippen LogP contribution >= 0.6 is 11.8 Å². The first kappa shape index (κ1) is 12.7. The standard InChI is InChI=1S/C12H14N4OS/c1-16-7-6-14-12(16)18-8-9-4-2-3-5-10(9)11(17)15-13/h2-7H,8,13H2,1H3,(H,15,17). The van der Waals surface area contributed by atoms with Gasteiger partial charge in [-0.15, -0.1) is 0 Å². The van der Waals surface area contributed by atoms with Gasteiger partial charge in [-0.05, 0) is 11.6 Å². The fourth-order valence-electron chi connectivity index (χ4n) is 1.58. The van der Waals surface area contributed by atoms with E-state index >= 15 is 0 Å². The molecule has 0 bridgehead atoms. The van der Waals surface area contributed by atoms with Crippen molar-refractivity contribution in [2.45, 2.75) is 10.9 Å². The van der Waals surface area contributed by atoms with Crippen molar-refractivity contribution in [3.05, 3.63) is 47.8 Å². The number of aryl methyl sites for hydroxylation is 1. The molecule has 0 atom stereocenters. The van der Waals surface area contributed by atoms with E-state index in [-0.39, 0.29) is 5.91 Å². The monoisotopic (exact) mass is 262 g/mol. The van der Waals surface area contributed by atoms with Gasteiger partial charge in [0.15, 0.2) is 5.16 Å². The summed E-state index contributed by atoms with van der Waals surface area (Å²) in [5.41, 5.74) is 3.69. The number of benzene rings is 1. The number of nitrogen functional groups attached to an aromatic ring is 1. The number of amides is 1. The van der Waals surface area contributed by atoms with Crippen LogP contribution in [0, 0.1) is 0 Å². The van der Waals surface area contributed by atoms with Crippen molar-refractivity contribution >= 4 is 17.7 Å². The zero-order valence-corrected chi connectivity index (χ0v) is 10.8. The lowest BCUT2D eigenvalue weighted by atomic mass is 10.1. The number of nitrogens with zero attached hydrogens (tertiary/aromatic N) is 2. The van der Waals surface area contributed by atoms with E-state index < -0.39 is 0 Å². The normalized spacial score (nSPS) is 10.3. The van der Waals surface area contributed by atoms with E-state index in [4.69, 9.17) is 5.84 Å². The fraction of sp³-hybridized carbons (Fsp3) is 0.167. The Labute approximate surface area is 109 Å². The van der Waals surface area contributed by atoms with Crippen molar-refractivity contribution in [3.8, 4) is 0 Å². The van der Waals surface area contributed by atoms with Crippen LogP contribution in [0.1, 0.15) is 15.9 Å². The molecule has 0 saturated carbocycles. The molecule has 6 heteroatoms. The summed E-state index contributed by atoms with van der Waals surface area (Å²) in [5, 5.41) is 0.915. The van der Waals surface area contributed by atoms with E-state index in [2.05, 4.69) is 10.4 Å². The van der Waals surface area contributed by atoms with E-state index in [1.165, 1.54) is 0 Å². The van der Waals surface area contributed by atoms with Crippen LogP contribution < -0.4 is 11.3 Å². The number of carbonyl (C=O) groups excluding carboxylic acids is 1. The Morgan fingerprint density at radius 2 is 2.28 bits per heavy atom. The van der Waals surface area contributed by atoms with Gasteiger partial charge in [-0.1, -0.05) is 30.0 Å². The fourth-order valence-corrected chi connectivity index (χ4v) is 2.51. The van der Waals surface area contributed by atoms with Gasteiger partial charge < -0.3 is 4.57 Å². The lowest BCUT2D eigenvalue weighted by Gasteiger charge is -2.07. The zero-order valence-electron chi connectivity index (χ0n) is 9.96. The van der Waals surface area contributed by atoms with Gasteiger partial charge in [-0.2, -0.15) is 0 Å². The summed E-state index contributed by atoms with van der Waals surface area (Å²) in [7, 11) is 1.94. The molecule has 94 valence electrons. The van der Waals surface area contributed by atoms with Gasteiger partial charge in [0.2, 0.25) is 0 Å². The molecule has 0 radical (unpaired) electrons. The van der Waals surface area contributed by atoms with Crippen molar-refractivity contribution in [1.82, 2.24) is 15.0 Å². The topological polar surface area (TPSA) is 72.9 Å². The van der Waals surface area contributed by atoms with Gasteiger partial charge in [-0.25, -0.2) is 10.8 Å². The zero-order chi connectivity index (χ0) is 13.0. The molecule has 18 heavy (non-hydrogen) atoms. The first-order valence-corrected chi connectivity index (χ1v) is 6.40. The minimum atomic E-state index is -0.272. The third kappa shape index (κ3) is 2.72. The van der Waals surface area contributed by atoms with Gasteiger partial charge in [0, 0.05) is 30.8 Å². The van der Waals surface area contributed by atoms with Crippen LogP contribution in [-0.2, 0) is 12.8 Å². The van der Waals surface area contributed by atoms with Gasteiger partial charge >= 0.3 is 0 Å². The SMILES string of the molecule is Cn1ccnc1SCc1ccccc1C(=O)NN. The average molecular weight is 262 g/mol. The molecule has 0 fully saturated rings. The highest BCUT2D eigenvalue weighted by molar-refractivity contribution is 7.98. The molecule has 2 aromatic rings. The molecule has 1 amide bonds. The van der Waals surface area contributed by atoms with Crippen LogP contribution in [0.5, 0.6) is 0 Å². The smallest absolute Gasteiger partial charge is 0.265 e. The molecule has 0 aliphatic heterocycles. The van der Waals surface area contributed by atoms with Gasteiger partial charge in [0.25, 0.3) is 5.91 Å². The summed E-state index contributed by atoms with van der Waals surface area (Å²) in [6.07, 6.45) is 3.64. The van der Waals surface area contributed by atoms with Crippen molar-refractivity contribution in [2.75, 3.05) is 0 Å². The van der Waals surface area contributed by atoms with Crippen molar-refractivity contribution in [3.63, 3.8) is 0 Å². The highest BCUT2D eigenvalue weighted by Crippen LogP contribution is 2.22. The van der Waals surface area contributed by atoms with Gasteiger partial charge in [0.05, 0.1) is 0 Å². The summed E-state index contributed by atoms with van der Waals surface area (Å²) >= 11 is 1.58. The second-order valence-corrected chi connectivity index (χ2v) is 4.68. The van der Waals surface area contributed by atoms with Crippen LogP contribution in [0.4, 0.5) is 0 Å². The number of rotatable bonds is 4. The number of carbonyl (C=O) groups is 1. The van der Waals surface area contributed by atoms with E-state index in [0.29, 0.717) is 11.3 Å². The summed E-state index contributed by atoms with van der Waals surface area (Å²) in [6.45, 7) is 0. The molecular weight excluding hydrogens is 248 g/mol. The van der Waals surface area contributed by atoms with E-state index in [1.54, 1.807) is 24.0 Å². The van der Waals surface area contributed by atoms with E-state index in [1.807, 2.05) is 36.0 Å². The molecule has 3 N–H and O–H groups in total. The number of nitrogens with two attached hydrogens (primary N) is 1. The molecule has 1 aromatic heterocycles. The number of thioether (sulfide) groups is 1. The first-order valence-electron chi connectivity index (χ1n) is 5.41. The van der Waals surface area contributed by atoms with E-state index in [9.17, 15) is 4.79 Å². The summed E-state index contributed by atoms with van der Waals surface area (Å²) in [4.78, 5) is 15.8.